The minimum Gasteiger partial charge on any atom is -0.491 e. The average molecular weight is 377 g/mol. The highest BCUT2D eigenvalue weighted by Gasteiger charge is 2.18. The summed E-state index contributed by atoms with van der Waals surface area (Å²) in [7, 11) is 0. The summed E-state index contributed by atoms with van der Waals surface area (Å²) in [5.41, 5.74) is 1.17. The minimum atomic E-state index is -0.529. The SMILES string of the molecule is O=C(c1ccc(Cl)cc1)c1ccc(OC[C@@H](O)C[NH+]2CCOCC2)cc1. The molecule has 3 rings (SSSR count). The third-order valence-electron chi connectivity index (χ3n) is 4.39. The molecule has 0 saturated carbocycles. The van der Waals surface area contributed by atoms with E-state index >= 15 is 0 Å². The van der Waals surface area contributed by atoms with E-state index in [0.717, 1.165) is 26.3 Å². The van der Waals surface area contributed by atoms with Crippen molar-refractivity contribution in [3.63, 3.8) is 0 Å². The van der Waals surface area contributed by atoms with Crippen LogP contribution in [0.25, 0.3) is 0 Å². The molecule has 1 aliphatic rings. The summed E-state index contributed by atoms with van der Waals surface area (Å²) in [4.78, 5) is 13.7. The molecule has 2 aromatic carbocycles. The third kappa shape index (κ3) is 5.29. The summed E-state index contributed by atoms with van der Waals surface area (Å²) in [5, 5.41) is 10.7. The van der Waals surface area contributed by atoms with Crippen molar-refractivity contribution in [3.8, 4) is 5.75 Å². The fourth-order valence-corrected chi connectivity index (χ4v) is 3.05. The number of carbonyl (C=O) groups is 1. The van der Waals surface area contributed by atoms with Gasteiger partial charge >= 0.3 is 0 Å². The molecule has 0 spiro atoms. The maximum Gasteiger partial charge on any atom is 0.193 e. The number of benzene rings is 2. The predicted octanol–water partition coefficient (Wildman–Crippen LogP) is 1.23. The van der Waals surface area contributed by atoms with E-state index in [-0.39, 0.29) is 12.4 Å². The molecule has 26 heavy (non-hydrogen) atoms. The van der Waals surface area contributed by atoms with E-state index in [1.54, 1.807) is 48.5 Å². The molecule has 1 saturated heterocycles. The van der Waals surface area contributed by atoms with Crippen molar-refractivity contribution in [2.45, 2.75) is 6.10 Å². The first-order valence-corrected chi connectivity index (χ1v) is 9.12. The second-order valence-corrected chi connectivity index (χ2v) is 6.83. The largest absolute Gasteiger partial charge is 0.491 e. The molecule has 1 atom stereocenters. The van der Waals surface area contributed by atoms with Gasteiger partial charge in [-0.3, -0.25) is 4.79 Å². The molecule has 2 aromatic rings. The molecular formula is C20H23ClNO4+. The Hall–Kier alpha value is -1.92. The Kier molecular flexibility index (Phi) is 6.63. The molecule has 0 aliphatic carbocycles. The van der Waals surface area contributed by atoms with Crippen molar-refractivity contribution in [1.29, 1.82) is 0 Å². The number of ether oxygens (including phenoxy) is 2. The van der Waals surface area contributed by atoms with Gasteiger partial charge in [-0.05, 0) is 48.5 Å². The number of hydrogen-bond donors (Lipinski definition) is 2. The van der Waals surface area contributed by atoms with Crippen LogP contribution in [0.15, 0.2) is 48.5 Å². The van der Waals surface area contributed by atoms with E-state index < -0.39 is 6.10 Å². The molecule has 138 valence electrons. The lowest BCUT2D eigenvalue weighted by Crippen LogP contribution is -3.15. The Labute approximate surface area is 158 Å². The number of aliphatic hydroxyl groups is 1. The van der Waals surface area contributed by atoms with Crippen LogP contribution in [0.1, 0.15) is 15.9 Å². The smallest absolute Gasteiger partial charge is 0.193 e. The zero-order valence-corrected chi connectivity index (χ0v) is 15.2. The van der Waals surface area contributed by atoms with Gasteiger partial charge in [0.15, 0.2) is 5.78 Å². The van der Waals surface area contributed by atoms with Crippen LogP contribution in [-0.2, 0) is 4.74 Å². The van der Waals surface area contributed by atoms with Gasteiger partial charge in [-0.1, -0.05) is 11.6 Å². The summed E-state index contributed by atoms with van der Waals surface area (Å²) in [6.07, 6.45) is -0.529. The lowest BCUT2D eigenvalue weighted by atomic mass is 10.0. The highest BCUT2D eigenvalue weighted by molar-refractivity contribution is 6.30. The van der Waals surface area contributed by atoms with Gasteiger partial charge in [0.2, 0.25) is 0 Å². The number of hydrogen-bond acceptors (Lipinski definition) is 4. The van der Waals surface area contributed by atoms with Crippen LogP contribution in [-0.4, -0.2) is 56.4 Å². The van der Waals surface area contributed by atoms with Crippen LogP contribution in [0.5, 0.6) is 5.75 Å². The minimum absolute atomic E-state index is 0.0656. The first-order valence-electron chi connectivity index (χ1n) is 8.74. The molecule has 0 bridgehead atoms. The molecule has 1 heterocycles. The third-order valence-corrected chi connectivity index (χ3v) is 4.64. The van der Waals surface area contributed by atoms with Gasteiger partial charge in [0.05, 0.1) is 13.2 Å². The van der Waals surface area contributed by atoms with Crippen LogP contribution in [0, 0.1) is 0 Å². The van der Waals surface area contributed by atoms with E-state index in [0.29, 0.717) is 28.4 Å². The molecule has 0 radical (unpaired) electrons. The molecule has 5 nitrogen and oxygen atoms in total. The molecule has 2 N–H and O–H groups in total. The summed E-state index contributed by atoms with van der Waals surface area (Å²) in [6.45, 7) is 4.19. The van der Waals surface area contributed by atoms with E-state index in [4.69, 9.17) is 21.1 Å². The van der Waals surface area contributed by atoms with E-state index in [9.17, 15) is 9.90 Å². The first kappa shape index (κ1) is 18.9. The van der Waals surface area contributed by atoms with Crippen molar-refractivity contribution < 1.29 is 24.3 Å². The molecule has 0 unspecified atom stereocenters. The van der Waals surface area contributed by atoms with Crippen LogP contribution in [0.2, 0.25) is 5.02 Å². The molecular weight excluding hydrogens is 354 g/mol. The molecule has 1 fully saturated rings. The van der Waals surface area contributed by atoms with E-state index in [2.05, 4.69) is 0 Å². The molecule has 6 heteroatoms. The van der Waals surface area contributed by atoms with Crippen LogP contribution < -0.4 is 9.64 Å². The number of nitrogens with one attached hydrogen (secondary N) is 1. The van der Waals surface area contributed by atoms with Crippen molar-refractivity contribution in [2.24, 2.45) is 0 Å². The second-order valence-electron chi connectivity index (χ2n) is 6.39. The van der Waals surface area contributed by atoms with Crippen molar-refractivity contribution in [3.05, 3.63) is 64.7 Å². The Morgan fingerprint density at radius 3 is 2.27 bits per heavy atom. The number of ketones is 1. The quantitative estimate of drug-likeness (QED) is 0.713. The summed E-state index contributed by atoms with van der Waals surface area (Å²) in [6, 6.07) is 13.8. The van der Waals surface area contributed by atoms with Crippen molar-refractivity contribution in [2.75, 3.05) is 39.5 Å². The maximum atomic E-state index is 12.4. The zero-order chi connectivity index (χ0) is 18.4. The average Bonchev–Trinajstić information content (AvgIpc) is 2.68. The number of morpholine rings is 1. The Bertz CT molecular complexity index is 712. The van der Waals surface area contributed by atoms with Gasteiger partial charge < -0.3 is 19.5 Å². The van der Waals surface area contributed by atoms with Crippen molar-refractivity contribution in [1.82, 2.24) is 0 Å². The van der Waals surface area contributed by atoms with Crippen molar-refractivity contribution >= 4 is 17.4 Å². The van der Waals surface area contributed by atoms with Gasteiger partial charge in [0.1, 0.15) is 38.1 Å². The Morgan fingerprint density at radius 1 is 1.08 bits per heavy atom. The molecule has 0 aromatic heterocycles. The number of carbonyl (C=O) groups excluding carboxylic acids is 1. The monoisotopic (exact) mass is 376 g/mol. The number of halogens is 1. The van der Waals surface area contributed by atoms with Gasteiger partial charge in [-0.2, -0.15) is 0 Å². The summed E-state index contributed by atoms with van der Waals surface area (Å²) >= 11 is 5.85. The van der Waals surface area contributed by atoms with Gasteiger partial charge in [-0.15, -0.1) is 0 Å². The maximum absolute atomic E-state index is 12.4. The van der Waals surface area contributed by atoms with E-state index in [1.165, 1.54) is 4.90 Å². The number of aliphatic hydroxyl groups excluding tert-OH is 1. The summed E-state index contributed by atoms with van der Waals surface area (Å²) < 4.78 is 11.0. The van der Waals surface area contributed by atoms with Crippen LogP contribution >= 0.6 is 11.6 Å². The van der Waals surface area contributed by atoms with Gasteiger partial charge in [0.25, 0.3) is 0 Å². The lowest BCUT2D eigenvalue weighted by Gasteiger charge is -2.25. The number of rotatable bonds is 7. The van der Waals surface area contributed by atoms with Gasteiger partial charge in [-0.25, -0.2) is 0 Å². The normalized spacial score (nSPS) is 16.2. The highest BCUT2D eigenvalue weighted by atomic mass is 35.5. The number of quaternary nitrogens is 1. The first-order chi connectivity index (χ1) is 12.6. The zero-order valence-electron chi connectivity index (χ0n) is 14.5. The Balaban J connectivity index is 1.50. The standard InChI is InChI=1S/C20H22ClNO4/c21-17-5-1-15(2-6-17)20(24)16-3-7-19(8-4-16)26-14-18(23)13-22-9-11-25-12-10-22/h1-8,18,23H,9-14H2/p+1/t18-/m0/s1. The lowest BCUT2D eigenvalue weighted by molar-refractivity contribution is -0.911. The second kappa shape index (κ2) is 9.14. The van der Waals surface area contributed by atoms with Crippen LogP contribution in [0.4, 0.5) is 0 Å². The van der Waals surface area contributed by atoms with Gasteiger partial charge in [0, 0.05) is 16.1 Å². The fourth-order valence-electron chi connectivity index (χ4n) is 2.92. The molecule has 1 aliphatic heterocycles. The van der Waals surface area contributed by atoms with Crippen LogP contribution in [0.3, 0.4) is 0 Å². The fraction of sp³-hybridized carbons (Fsp3) is 0.350. The van der Waals surface area contributed by atoms with E-state index in [1.807, 2.05) is 0 Å². The summed E-state index contributed by atoms with van der Waals surface area (Å²) in [5.74, 6) is 0.567. The Morgan fingerprint density at radius 2 is 1.65 bits per heavy atom. The predicted molar refractivity (Wildman–Crippen MR) is 99.2 cm³/mol. The molecule has 0 amide bonds. The highest BCUT2D eigenvalue weighted by Crippen LogP contribution is 2.17. The topological polar surface area (TPSA) is 60.2 Å².